The predicted molar refractivity (Wildman–Crippen MR) is 65.9 cm³/mol. The molecule has 0 spiro atoms. The van der Waals surface area contributed by atoms with Crippen LogP contribution in [-0.4, -0.2) is 11.4 Å². The lowest BCUT2D eigenvalue weighted by molar-refractivity contribution is 0.165. The summed E-state index contributed by atoms with van der Waals surface area (Å²) >= 11 is 1.70. The molecule has 0 aliphatic carbocycles. The largest absolute Gasteiger partial charge is 0.388 e. The van der Waals surface area contributed by atoms with Gasteiger partial charge in [-0.2, -0.15) is 0 Å². The Morgan fingerprint density at radius 3 is 2.60 bits per heavy atom. The SMILES string of the molecule is C#CCCCC(O)c1ccc(SC)cc1. The average molecular weight is 220 g/mol. The summed E-state index contributed by atoms with van der Waals surface area (Å²) in [6.07, 6.45) is 9.17. The van der Waals surface area contributed by atoms with Gasteiger partial charge in [0.05, 0.1) is 6.10 Å². The molecule has 1 rings (SSSR count). The average Bonchev–Trinajstić information content (AvgIpc) is 2.29. The van der Waals surface area contributed by atoms with Crippen molar-refractivity contribution in [3.8, 4) is 12.3 Å². The van der Waals surface area contributed by atoms with Crippen molar-refractivity contribution in [2.75, 3.05) is 6.26 Å². The number of hydrogen-bond acceptors (Lipinski definition) is 2. The van der Waals surface area contributed by atoms with Gasteiger partial charge in [-0.1, -0.05) is 12.1 Å². The fourth-order valence-corrected chi connectivity index (χ4v) is 1.80. The molecule has 0 saturated carbocycles. The van der Waals surface area contributed by atoms with Crippen molar-refractivity contribution in [3.05, 3.63) is 29.8 Å². The maximum absolute atomic E-state index is 9.84. The van der Waals surface area contributed by atoms with E-state index in [1.807, 2.05) is 30.5 Å². The van der Waals surface area contributed by atoms with Gasteiger partial charge in [0.15, 0.2) is 0 Å². The molecule has 0 saturated heterocycles. The first-order valence-electron chi connectivity index (χ1n) is 5.03. The van der Waals surface area contributed by atoms with Crippen LogP contribution in [0, 0.1) is 12.3 Å². The molecule has 0 aliphatic heterocycles. The summed E-state index contributed by atoms with van der Waals surface area (Å²) < 4.78 is 0. The van der Waals surface area contributed by atoms with E-state index in [2.05, 4.69) is 5.92 Å². The van der Waals surface area contributed by atoms with Crippen molar-refractivity contribution in [1.29, 1.82) is 0 Å². The zero-order chi connectivity index (χ0) is 11.1. The Morgan fingerprint density at radius 1 is 1.40 bits per heavy atom. The smallest absolute Gasteiger partial charge is 0.0790 e. The van der Waals surface area contributed by atoms with Crippen LogP contribution in [0.1, 0.15) is 30.9 Å². The molecule has 80 valence electrons. The lowest BCUT2D eigenvalue weighted by atomic mass is 10.0. The Kier molecular flexibility index (Phi) is 5.31. The molecular formula is C13H16OS. The Balaban J connectivity index is 2.51. The van der Waals surface area contributed by atoms with Gasteiger partial charge in [0.1, 0.15) is 0 Å². The van der Waals surface area contributed by atoms with Crippen molar-refractivity contribution < 1.29 is 5.11 Å². The van der Waals surface area contributed by atoms with Crippen molar-refractivity contribution in [3.63, 3.8) is 0 Å². The third kappa shape index (κ3) is 3.99. The second-order valence-electron chi connectivity index (χ2n) is 3.39. The lowest BCUT2D eigenvalue weighted by Crippen LogP contribution is -1.96. The summed E-state index contributed by atoms with van der Waals surface area (Å²) in [7, 11) is 0. The summed E-state index contributed by atoms with van der Waals surface area (Å²) in [5.41, 5.74) is 0.977. The summed E-state index contributed by atoms with van der Waals surface area (Å²) in [6.45, 7) is 0. The van der Waals surface area contributed by atoms with Crippen LogP contribution >= 0.6 is 11.8 Å². The summed E-state index contributed by atoms with van der Waals surface area (Å²) in [5.74, 6) is 2.58. The van der Waals surface area contributed by atoms with Crippen LogP contribution in [0.25, 0.3) is 0 Å². The molecule has 0 aromatic heterocycles. The highest BCUT2D eigenvalue weighted by Gasteiger charge is 2.06. The Hall–Kier alpha value is -0.910. The lowest BCUT2D eigenvalue weighted by Gasteiger charge is -2.10. The van der Waals surface area contributed by atoms with Gasteiger partial charge in [-0.3, -0.25) is 0 Å². The van der Waals surface area contributed by atoms with E-state index >= 15 is 0 Å². The van der Waals surface area contributed by atoms with Gasteiger partial charge >= 0.3 is 0 Å². The molecule has 0 radical (unpaired) electrons. The van der Waals surface area contributed by atoms with E-state index in [4.69, 9.17) is 6.42 Å². The van der Waals surface area contributed by atoms with Crippen molar-refractivity contribution >= 4 is 11.8 Å². The monoisotopic (exact) mass is 220 g/mol. The number of aliphatic hydroxyl groups excluding tert-OH is 1. The molecule has 0 amide bonds. The first kappa shape index (κ1) is 12.2. The molecule has 0 heterocycles. The predicted octanol–water partition coefficient (Wildman–Crippen LogP) is 3.25. The minimum absolute atomic E-state index is 0.380. The van der Waals surface area contributed by atoms with Gasteiger partial charge in [-0.15, -0.1) is 24.1 Å². The second-order valence-corrected chi connectivity index (χ2v) is 4.26. The highest BCUT2D eigenvalue weighted by molar-refractivity contribution is 7.98. The van der Waals surface area contributed by atoms with E-state index in [1.165, 1.54) is 4.90 Å². The van der Waals surface area contributed by atoms with Crippen LogP contribution in [-0.2, 0) is 0 Å². The molecule has 1 N–H and O–H groups in total. The van der Waals surface area contributed by atoms with Gasteiger partial charge in [0.2, 0.25) is 0 Å². The van der Waals surface area contributed by atoms with Crippen molar-refractivity contribution in [1.82, 2.24) is 0 Å². The first-order chi connectivity index (χ1) is 7.27. The molecule has 0 aliphatic rings. The van der Waals surface area contributed by atoms with Crippen LogP contribution in [0.5, 0.6) is 0 Å². The van der Waals surface area contributed by atoms with E-state index in [-0.39, 0.29) is 6.10 Å². The zero-order valence-corrected chi connectivity index (χ0v) is 9.76. The second kappa shape index (κ2) is 6.55. The van der Waals surface area contributed by atoms with Gasteiger partial charge in [0, 0.05) is 11.3 Å². The van der Waals surface area contributed by atoms with Crippen molar-refractivity contribution in [2.45, 2.75) is 30.3 Å². The molecule has 0 fully saturated rings. The quantitative estimate of drug-likeness (QED) is 0.467. The molecule has 1 nitrogen and oxygen atoms in total. The molecule has 1 atom stereocenters. The van der Waals surface area contributed by atoms with Gasteiger partial charge in [-0.05, 0) is 36.8 Å². The van der Waals surface area contributed by atoms with E-state index < -0.39 is 0 Å². The molecule has 15 heavy (non-hydrogen) atoms. The number of unbranched alkanes of at least 4 members (excludes halogenated alkanes) is 1. The standard InChI is InChI=1S/C13H16OS/c1-3-4-5-6-13(14)11-7-9-12(15-2)10-8-11/h1,7-10,13-14H,4-6H2,2H3. The maximum atomic E-state index is 9.84. The van der Waals surface area contributed by atoms with E-state index in [0.29, 0.717) is 0 Å². The van der Waals surface area contributed by atoms with Crippen LogP contribution in [0.2, 0.25) is 0 Å². The molecule has 1 aromatic carbocycles. The molecular weight excluding hydrogens is 204 g/mol. The fraction of sp³-hybridized carbons (Fsp3) is 0.385. The maximum Gasteiger partial charge on any atom is 0.0790 e. The fourth-order valence-electron chi connectivity index (χ4n) is 1.39. The number of aliphatic hydroxyl groups is 1. The van der Waals surface area contributed by atoms with Crippen LogP contribution < -0.4 is 0 Å². The number of terminal acetylenes is 1. The van der Waals surface area contributed by atoms with E-state index in [9.17, 15) is 5.11 Å². The van der Waals surface area contributed by atoms with Crippen LogP contribution in [0.15, 0.2) is 29.2 Å². The number of rotatable bonds is 5. The topological polar surface area (TPSA) is 20.2 Å². The minimum Gasteiger partial charge on any atom is -0.388 e. The third-order valence-corrected chi connectivity index (χ3v) is 3.04. The van der Waals surface area contributed by atoms with E-state index in [1.54, 1.807) is 11.8 Å². The summed E-state index contributed by atoms with van der Waals surface area (Å²) in [5, 5.41) is 9.84. The van der Waals surface area contributed by atoms with Crippen molar-refractivity contribution in [2.24, 2.45) is 0 Å². The number of thioether (sulfide) groups is 1. The molecule has 2 heteroatoms. The molecule has 1 unspecified atom stereocenters. The molecule has 0 bridgehead atoms. The highest BCUT2D eigenvalue weighted by Crippen LogP contribution is 2.22. The van der Waals surface area contributed by atoms with E-state index in [0.717, 1.165) is 24.8 Å². The Bertz CT molecular complexity index is 323. The summed E-state index contributed by atoms with van der Waals surface area (Å²) in [4.78, 5) is 1.22. The van der Waals surface area contributed by atoms with Gasteiger partial charge in [0.25, 0.3) is 0 Å². The first-order valence-corrected chi connectivity index (χ1v) is 6.26. The van der Waals surface area contributed by atoms with Crippen LogP contribution in [0.4, 0.5) is 0 Å². The zero-order valence-electron chi connectivity index (χ0n) is 8.94. The van der Waals surface area contributed by atoms with Gasteiger partial charge in [-0.25, -0.2) is 0 Å². The Morgan fingerprint density at radius 2 is 2.07 bits per heavy atom. The highest BCUT2D eigenvalue weighted by atomic mass is 32.2. The minimum atomic E-state index is -0.380. The number of benzene rings is 1. The normalized spacial score (nSPS) is 12.1. The molecule has 1 aromatic rings. The third-order valence-electron chi connectivity index (χ3n) is 2.30. The number of hydrogen-bond donors (Lipinski definition) is 1. The van der Waals surface area contributed by atoms with Gasteiger partial charge < -0.3 is 5.11 Å². The van der Waals surface area contributed by atoms with Crippen LogP contribution in [0.3, 0.4) is 0 Å². The summed E-state index contributed by atoms with van der Waals surface area (Å²) in [6, 6.07) is 8.02. The Labute approximate surface area is 95.9 Å².